The molecule has 1 aromatic rings. The van der Waals surface area contributed by atoms with Gasteiger partial charge in [-0.1, -0.05) is 0 Å². The molecule has 0 saturated carbocycles. The Kier molecular flexibility index (Phi) is 3.72. The summed E-state index contributed by atoms with van der Waals surface area (Å²) in [5.74, 6) is 0.839. The molecule has 2 unspecified atom stereocenters. The summed E-state index contributed by atoms with van der Waals surface area (Å²) in [6.07, 6.45) is 0. The molecule has 5 nitrogen and oxygen atoms in total. The first kappa shape index (κ1) is 12.7. The Morgan fingerprint density at radius 3 is 3.11 bits per heavy atom. The maximum Gasteiger partial charge on any atom is 0.236 e. The molecule has 0 fully saturated rings. The maximum absolute atomic E-state index is 11.6. The summed E-state index contributed by atoms with van der Waals surface area (Å²) < 4.78 is 5.48. The summed E-state index contributed by atoms with van der Waals surface area (Å²) in [7, 11) is 0. The van der Waals surface area contributed by atoms with Gasteiger partial charge in [0.15, 0.2) is 0 Å². The molecule has 2 rings (SSSR count). The number of carbonyl (C=O) groups is 1. The zero-order chi connectivity index (χ0) is 13.1. The van der Waals surface area contributed by atoms with Crippen LogP contribution in [-0.4, -0.2) is 30.2 Å². The molecule has 1 aliphatic rings. The quantitative estimate of drug-likeness (QED) is 0.743. The number of ether oxygens (including phenoxy) is 1. The summed E-state index contributed by atoms with van der Waals surface area (Å²) in [5.41, 5.74) is 0.976. The first-order valence-corrected chi connectivity index (χ1v) is 6.11. The highest BCUT2D eigenvalue weighted by Gasteiger charge is 2.27. The second-order valence-corrected chi connectivity index (χ2v) is 4.37. The second kappa shape index (κ2) is 5.27. The van der Waals surface area contributed by atoms with Crippen LogP contribution in [0.2, 0.25) is 0 Å². The Bertz CT molecular complexity index is 448. The minimum Gasteiger partial charge on any atom is -0.508 e. The molecule has 5 heteroatoms. The van der Waals surface area contributed by atoms with E-state index in [1.165, 1.54) is 0 Å². The van der Waals surface area contributed by atoms with Crippen molar-refractivity contribution in [2.75, 3.05) is 13.2 Å². The first-order valence-electron chi connectivity index (χ1n) is 6.11. The van der Waals surface area contributed by atoms with Gasteiger partial charge in [-0.3, -0.25) is 10.1 Å². The van der Waals surface area contributed by atoms with Gasteiger partial charge in [0, 0.05) is 18.2 Å². The van der Waals surface area contributed by atoms with Crippen molar-refractivity contribution >= 4 is 5.91 Å². The minimum absolute atomic E-state index is 0.0155. The molecule has 0 saturated heterocycles. The van der Waals surface area contributed by atoms with E-state index in [-0.39, 0.29) is 23.7 Å². The van der Waals surface area contributed by atoms with E-state index in [9.17, 15) is 9.90 Å². The van der Waals surface area contributed by atoms with Gasteiger partial charge in [-0.25, -0.2) is 0 Å². The van der Waals surface area contributed by atoms with E-state index in [0.717, 1.165) is 5.56 Å². The SMILES string of the molecule is CCNC(=O)C(C)NC1COc2cc(O)ccc21. The number of hydrogen-bond donors (Lipinski definition) is 3. The van der Waals surface area contributed by atoms with E-state index in [2.05, 4.69) is 10.6 Å². The highest BCUT2D eigenvalue weighted by atomic mass is 16.5. The molecule has 0 bridgehead atoms. The van der Waals surface area contributed by atoms with Crippen LogP contribution in [0.1, 0.15) is 25.5 Å². The Morgan fingerprint density at radius 1 is 1.61 bits per heavy atom. The highest BCUT2D eigenvalue weighted by molar-refractivity contribution is 5.81. The molecule has 0 aromatic heterocycles. The average molecular weight is 250 g/mol. The largest absolute Gasteiger partial charge is 0.508 e. The lowest BCUT2D eigenvalue weighted by Crippen LogP contribution is -2.43. The lowest BCUT2D eigenvalue weighted by atomic mass is 10.1. The average Bonchev–Trinajstić information content (AvgIpc) is 2.72. The molecule has 0 aliphatic carbocycles. The van der Waals surface area contributed by atoms with Crippen LogP contribution >= 0.6 is 0 Å². The zero-order valence-corrected chi connectivity index (χ0v) is 10.6. The summed E-state index contributed by atoms with van der Waals surface area (Å²) in [6, 6.07) is 4.74. The third-order valence-electron chi connectivity index (χ3n) is 2.97. The van der Waals surface area contributed by atoms with Crippen LogP contribution in [0.4, 0.5) is 0 Å². The van der Waals surface area contributed by atoms with Crippen LogP contribution in [-0.2, 0) is 4.79 Å². The van der Waals surface area contributed by atoms with Gasteiger partial charge in [0.1, 0.15) is 18.1 Å². The fraction of sp³-hybridized carbons (Fsp3) is 0.462. The van der Waals surface area contributed by atoms with E-state index >= 15 is 0 Å². The van der Waals surface area contributed by atoms with Gasteiger partial charge in [-0.05, 0) is 26.0 Å². The smallest absolute Gasteiger partial charge is 0.236 e. The fourth-order valence-electron chi connectivity index (χ4n) is 2.04. The van der Waals surface area contributed by atoms with Gasteiger partial charge < -0.3 is 15.2 Å². The number of phenolic OH excluding ortho intramolecular Hbond substituents is 1. The standard InChI is InChI=1S/C13H18N2O3/c1-3-14-13(17)8(2)15-11-7-18-12-6-9(16)4-5-10(11)12/h4-6,8,11,15-16H,3,7H2,1-2H3,(H,14,17). The monoisotopic (exact) mass is 250 g/mol. The summed E-state index contributed by atoms with van der Waals surface area (Å²) in [6.45, 7) is 4.81. The Hall–Kier alpha value is -1.75. The second-order valence-electron chi connectivity index (χ2n) is 4.37. The van der Waals surface area contributed by atoms with Crippen LogP contribution in [0.25, 0.3) is 0 Å². The van der Waals surface area contributed by atoms with Crippen LogP contribution in [0, 0.1) is 0 Å². The topological polar surface area (TPSA) is 70.6 Å². The number of aromatic hydroxyl groups is 1. The third kappa shape index (κ3) is 2.56. The maximum atomic E-state index is 11.6. The van der Waals surface area contributed by atoms with Crippen molar-refractivity contribution in [3.8, 4) is 11.5 Å². The Balaban J connectivity index is 2.03. The van der Waals surface area contributed by atoms with Crippen molar-refractivity contribution in [1.82, 2.24) is 10.6 Å². The van der Waals surface area contributed by atoms with Crippen molar-refractivity contribution in [3.05, 3.63) is 23.8 Å². The molecule has 0 spiro atoms. The zero-order valence-electron chi connectivity index (χ0n) is 10.6. The lowest BCUT2D eigenvalue weighted by molar-refractivity contribution is -0.122. The number of amides is 1. The van der Waals surface area contributed by atoms with Crippen molar-refractivity contribution in [2.24, 2.45) is 0 Å². The minimum atomic E-state index is -0.279. The van der Waals surface area contributed by atoms with E-state index in [0.29, 0.717) is 18.9 Å². The molecular formula is C13H18N2O3. The normalized spacial score (nSPS) is 18.9. The molecule has 1 aromatic carbocycles. The van der Waals surface area contributed by atoms with Crippen LogP contribution in [0.3, 0.4) is 0 Å². The number of phenols is 1. The molecule has 18 heavy (non-hydrogen) atoms. The number of likely N-dealkylation sites (N-methyl/N-ethyl adjacent to an activating group) is 1. The molecule has 3 N–H and O–H groups in total. The van der Waals surface area contributed by atoms with Gasteiger partial charge in [-0.15, -0.1) is 0 Å². The summed E-state index contributed by atoms with van der Waals surface area (Å²) >= 11 is 0. The molecule has 1 aliphatic heterocycles. The van der Waals surface area contributed by atoms with Gasteiger partial charge >= 0.3 is 0 Å². The lowest BCUT2D eigenvalue weighted by Gasteiger charge is -2.18. The number of hydrogen-bond acceptors (Lipinski definition) is 4. The van der Waals surface area contributed by atoms with Crippen molar-refractivity contribution in [3.63, 3.8) is 0 Å². The van der Waals surface area contributed by atoms with E-state index < -0.39 is 0 Å². The molecule has 1 heterocycles. The van der Waals surface area contributed by atoms with Crippen LogP contribution in [0.5, 0.6) is 11.5 Å². The summed E-state index contributed by atoms with van der Waals surface area (Å²) in [4.78, 5) is 11.6. The van der Waals surface area contributed by atoms with E-state index in [4.69, 9.17) is 4.74 Å². The molecule has 1 amide bonds. The number of benzene rings is 1. The number of rotatable bonds is 4. The van der Waals surface area contributed by atoms with Crippen LogP contribution in [0.15, 0.2) is 18.2 Å². The fourth-order valence-corrected chi connectivity index (χ4v) is 2.04. The highest BCUT2D eigenvalue weighted by Crippen LogP contribution is 2.34. The Labute approximate surface area is 106 Å². The van der Waals surface area contributed by atoms with Crippen molar-refractivity contribution in [1.29, 1.82) is 0 Å². The molecule has 0 radical (unpaired) electrons. The number of carbonyl (C=O) groups excluding carboxylic acids is 1. The van der Waals surface area contributed by atoms with Gasteiger partial charge in [0.05, 0.1) is 12.1 Å². The van der Waals surface area contributed by atoms with Crippen LogP contribution < -0.4 is 15.4 Å². The van der Waals surface area contributed by atoms with Gasteiger partial charge in [-0.2, -0.15) is 0 Å². The van der Waals surface area contributed by atoms with E-state index in [1.807, 2.05) is 19.9 Å². The Morgan fingerprint density at radius 2 is 2.39 bits per heavy atom. The molecular weight excluding hydrogens is 232 g/mol. The molecule has 2 atom stereocenters. The summed E-state index contributed by atoms with van der Waals surface area (Å²) in [5, 5.41) is 15.3. The third-order valence-corrected chi connectivity index (χ3v) is 2.97. The van der Waals surface area contributed by atoms with Crippen molar-refractivity contribution < 1.29 is 14.6 Å². The molecule has 98 valence electrons. The number of fused-ring (bicyclic) bond motifs is 1. The van der Waals surface area contributed by atoms with E-state index in [1.54, 1.807) is 12.1 Å². The van der Waals surface area contributed by atoms with Gasteiger partial charge in [0.25, 0.3) is 0 Å². The van der Waals surface area contributed by atoms with Gasteiger partial charge in [0.2, 0.25) is 5.91 Å². The predicted molar refractivity (Wildman–Crippen MR) is 67.6 cm³/mol. The first-order chi connectivity index (χ1) is 8.61. The predicted octanol–water partition coefficient (Wildman–Crippen LogP) is 0.940. The van der Waals surface area contributed by atoms with Crippen molar-refractivity contribution in [2.45, 2.75) is 25.9 Å². The number of nitrogens with one attached hydrogen (secondary N) is 2.